The minimum absolute atomic E-state index is 0.292. The molecule has 0 aliphatic rings. The first-order valence-electron chi connectivity index (χ1n) is 7.79. The van der Waals surface area contributed by atoms with Crippen LogP contribution in [-0.2, 0) is 6.42 Å². The molecule has 0 saturated carbocycles. The summed E-state index contributed by atoms with van der Waals surface area (Å²) in [6.45, 7) is 5.51. The maximum Gasteiger partial charge on any atom is 0.119 e. The molecule has 0 radical (unpaired) electrons. The highest BCUT2D eigenvalue weighted by atomic mass is 16.5. The van der Waals surface area contributed by atoms with Gasteiger partial charge in [-0.15, -0.1) is 0 Å². The van der Waals surface area contributed by atoms with Gasteiger partial charge in [-0.25, -0.2) is 0 Å². The van der Waals surface area contributed by atoms with Crippen LogP contribution < -0.4 is 10.5 Å². The van der Waals surface area contributed by atoms with Crippen molar-refractivity contribution >= 4 is 0 Å². The van der Waals surface area contributed by atoms with Gasteiger partial charge in [0, 0.05) is 6.54 Å². The van der Waals surface area contributed by atoms with Crippen molar-refractivity contribution in [2.75, 3.05) is 13.2 Å². The number of benzene rings is 1. The summed E-state index contributed by atoms with van der Waals surface area (Å²) >= 11 is 0. The molecule has 1 rings (SSSR count). The lowest BCUT2D eigenvalue weighted by Gasteiger charge is -2.17. The summed E-state index contributed by atoms with van der Waals surface area (Å²) in [5.41, 5.74) is 6.51. The number of ether oxygens (including phenoxy) is 1. The molecular formula is C17H29NO2. The molecule has 0 unspecified atom stereocenters. The van der Waals surface area contributed by atoms with Crippen LogP contribution in [-0.4, -0.2) is 24.4 Å². The topological polar surface area (TPSA) is 55.5 Å². The predicted molar refractivity (Wildman–Crippen MR) is 84.0 cm³/mol. The smallest absolute Gasteiger partial charge is 0.119 e. The van der Waals surface area contributed by atoms with E-state index in [4.69, 9.17) is 10.5 Å². The Morgan fingerprint density at radius 2 is 1.90 bits per heavy atom. The van der Waals surface area contributed by atoms with Gasteiger partial charge in [0.05, 0.1) is 12.7 Å². The van der Waals surface area contributed by atoms with Crippen LogP contribution in [0, 0.1) is 5.92 Å². The molecule has 0 aliphatic heterocycles. The Morgan fingerprint density at radius 1 is 1.20 bits per heavy atom. The molecule has 1 aromatic carbocycles. The molecule has 1 aromatic rings. The summed E-state index contributed by atoms with van der Waals surface area (Å²) in [7, 11) is 0. The molecular weight excluding hydrogens is 250 g/mol. The predicted octanol–water partition coefficient (Wildman–Crippen LogP) is 3.14. The summed E-state index contributed by atoms with van der Waals surface area (Å²) < 4.78 is 5.92. The van der Waals surface area contributed by atoms with Crippen molar-refractivity contribution in [3.05, 3.63) is 29.8 Å². The number of aliphatic hydroxyl groups excluding tert-OH is 1. The number of hydrogen-bond donors (Lipinski definition) is 2. The Morgan fingerprint density at radius 3 is 2.50 bits per heavy atom. The molecule has 0 heterocycles. The average molecular weight is 279 g/mol. The van der Waals surface area contributed by atoms with Gasteiger partial charge in [0.2, 0.25) is 0 Å². The molecule has 0 fully saturated rings. The normalized spacial score (nSPS) is 12.7. The molecule has 114 valence electrons. The molecule has 0 aromatic heterocycles. The minimum atomic E-state index is -0.474. The van der Waals surface area contributed by atoms with Crippen molar-refractivity contribution in [1.82, 2.24) is 0 Å². The van der Waals surface area contributed by atoms with Crippen LogP contribution >= 0.6 is 0 Å². The Kier molecular flexibility index (Phi) is 8.31. The summed E-state index contributed by atoms with van der Waals surface area (Å²) in [6, 6.07) is 7.96. The lowest BCUT2D eigenvalue weighted by Crippen LogP contribution is -2.21. The van der Waals surface area contributed by atoms with E-state index < -0.39 is 6.10 Å². The van der Waals surface area contributed by atoms with E-state index in [0.29, 0.717) is 18.9 Å². The van der Waals surface area contributed by atoms with Gasteiger partial charge in [0.1, 0.15) is 5.75 Å². The standard InChI is InChI=1S/C17H29NO2/c1-3-6-14(7-4-2)13-20-17-9-5-8-15(11-17)10-16(19)12-18/h5,8-9,11,14,16,19H,3-4,6-7,10,12-13,18H2,1-2H3/t16-/m1/s1. The van der Waals surface area contributed by atoms with Crippen LogP contribution in [0.1, 0.15) is 45.1 Å². The number of rotatable bonds is 10. The third-order valence-electron chi connectivity index (χ3n) is 3.52. The summed E-state index contributed by atoms with van der Waals surface area (Å²) in [4.78, 5) is 0. The summed E-state index contributed by atoms with van der Waals surface area (Å²) in [5, 5.41) is 9.59. The van der Waals surface area contributed by atoms with E-state index >= 15 is 0 Å². The van der Waals surface area contributed by atoms with E-state index in [-0.39, 0.29) is 0 Å². The quantitative estimate of drug-likeness (QED) is 0.692. The molecule has 0 spiro atoms. The van der Waals surface area contributed by atoms with Crippen molar-refractivity contribution in [1.29, 1.82) is 0 Å². The first-order chi connectivity index (χ1) is 9.69. The van der Waals surface area contributed by atoms with Crippen molar-refractivity contribution < 1.29 is 9.84 Å². The van der Waals surface area contributed by atoms with Crippen molar-refractivity contribution in [3.8, 4) is 5.75 Å². The molecule has 3 heteroatoms. The Hall–Kier alpha value is -1.06. The van der Waals surface area contributed by atoms with Gasteiger partial charge in [-0.2, -0.15) is 0 Å². The highest BCUT2D eigenvalue weighted by Crippen LogP contribution is 2.19. The fourth-order valence-electron chi connectivity index (χ4n) is 2.46. The summed E-state index contributed by atoms with van der Waals surface area (Å²) in [6.07, 6.45) is 4.96. The van der Waals surface area contributed by atoms with E-state index in [9.17, 15) is 5.11 Å². The van der Waals surface area contributed by atoms with Crippen molar-refractivity contribution in [2.24, 2.45) is 11.7 Å². The molecule has 0 aliphatic carbocycles. The lowest BCUT2D eigenvalue weighted by atomic mass is 9.99. The van der Waals surface area contributed by atoms with Gasteiger partial charge in [-0.3, -0.25) is 0 Å². The second-order valence-electron chi connectivity index (χ2n) is 5.50. The number of hydrogen-bond acceptors (Lipinski definition) is 3. The molecule has 0 amide bonds. The van der Waals surface area contributed by atoms with E-state index in [0.717, 1.165) is 17.9 Å². The second-order valence-corrected chi connectivity index (χ2v) is 5.50. The van der Waals surface area contributed by atoms with E-state index in [1.165, 1.54) is 25.7 Å². The van der Waals surface area contributed by atoms with Crippen LogP contribution in [0.4, 0.5) is 0 Å². The highest BCUT2D eigenvalue weighted by Gasteiger charge is 2.09. The maximum atomic E-state index is 9.59. The zero-order chi connectivity index (χ0) is 14.8. The molecule has 20 heavy (non-hydrogen) atoms. The van der Waals surface area contributed by atoms with Crippen LogP contribution in [0.25, 0.3) is 0 Å². The average Bonchev–Trinajstić information content (AvgIpc) is 2.45. The highest BCUT2D eigenvalue weighted by molar-refractivity contribution is 5.29. The molecule has 3 N–H and O–H groups in total. The van der Waals surface area contributed by atoms with Gasteiger partial charge in [-0.1, -0.05) is 38.8 Å². The fraction of sp³-hybridized carbons (Fsp3) is 0.647. The third-order valence-corrected chi connectivity index (χ3v) is 3.52. The number of nitrogens with two attached hydrogens (primary N) is 1. The van der Waals surface area contributed by atoms with Gasteiger partial charge in [0.25, 0.3) is 0 Å². The van der Waals surface area contributed by atoms with Crippen LogP contribution in [0.2, 0.25) is 0 Å². The first-order valence-corrected chi connectivity index (χ1v) is 7.79. The SMILES string of the molecule is CCCC(CCC)COc1cccc(C[C@@H](O)CN)c1. The zero-order valence-corrected chi connectivity index (χ0v) is 12.8. The van der Waals surface area contributed by atoms with E-state index in [1.807, 2.05) is 24.3 Å². The lowest BCUT2D eigenvalue weighted by molar-refractivity contribution is 0.183. The third kappa shape index (κ3) is 6.40. The second kappa shape index (κ2) is 9.78. The van der Waals surface area contributed by atoms with Crippen molar-refractivity contribution in [3.63, 3.8) is 0 Å². The molecule has 3 nitrogen and oxygen atoms in total. The van der Waals surface area contributed by atoms with Gasteiger partial charge in [-0.05, 0) is 42.9 Å². The molecule has 1 atom stereocenters. The number of aliphatic hydroxyl groups is 1. The van der Waals surface area contributed by atoms with Crippen molar-refractivity contribution in [2.45, 2.75) is 52.1 Å². The van der Waals surface area contributed by atoms with Crippen LogP contribution in [0.15, 0.2) is 24.3 Å². The molecule has 0 saturated heterocycles. The van der Waals surface area contributed by atoms with Crippen LogP contribution in [0.3, 0.4) is 0 Å². The largest absolute Gasteiger partial charge is 0.493 e. The minimum Gasteiger partial charge on any atom is -0.493 e. The van der Waals surface area contributed by atoms with Gasteiger partial charge in [0.15, 0.2) is 0 Å². The zero-order valence-electron chi connectivity index (χ0n) is 12.8. The Balaban J connectivity index is 2.52. The van der Waals surface area contributed by atoms with E-state index in [2.05, 4.69) is 13.8 Å². The van der Waals surface area contributed by atoms with E-state index in [1.54, 1.807) is 0 Å². The van der Waals surface area contributed by atoms with Gasteiger partial charge >= 0.3 is 0 Å². The first kappa shape index (κ1) is 17.0. The monoisotopic (exact) mass is 279 g/mol. The van der Waals surface area contributed by atoms with Gasteiger partial charge < -0.3 is 15.6 Å². The Labute approximate surface area is 123 Å². The van der Waals surface area contributed by atoms with Crippen LogP contribution in [0.5, 0.6) is 5.75 Å². The maximum absolute atomic E-state index is 9.59. The Bertz CT molecular complexity index is 362. The molecule has 0 bridgehead atoms. The fourth-order valence-corrected chi connectivity index (χ4v) is 2.46. The summed E-state index contributed by atoms with van der Waals surface area (Å²) in [5.74, 6) is 1.53.